The number of nitrogens with one attached hydrogen (secondary N) is 2. The highest BCUT2D eigenvalue weighted by molar-refractivity contribution is 5.96. The number of carbonyl (C=O) groups is 4. The third-order valence-electron chi connectivity index (χ3n) is 10.2. The summed E-state index contributed by atoms with van der Waals surface area (Å²) < 4.78 is 49.3. The molecule has 4 atom stereocenters. The Kier molecular flexibility index (Phi) is 15.4. The molecule has 0 radical (unpaired) electrons. The third-order valence-corrected chi connectivity index (χ3v) is 10.2. The van der Waals surface area contributed by atoms with Gasteiger partial charge in [-0.3, -0.25) is 9.59 Å². The molecule has 1 aliphatic rings. The molecule has 16 heteroatoms. The molecular formula is C45H50N2O14. The SMILES string of the molecule is COC(=O)C(Cc1ccc(OC)c(OC)c1)NC(=O)/C=C/c1ccc(OC)c2c1C(C(=O)NC(Cc1ccc(OC)c(OC)c1)C(=O)OC)C(c1ccc(OC)c(CO)c1)O2. The van der Waals surface area contributed by atoms with Gasteiger partial charge in [0.25, 0.3) is 0 Å². The van der Waals surface area contributed by atoms with Crippen molar-refractivity contribution in [2.24, 2.45) is 0 Å². The number of ether oxygens (including phenoxy) is 9. The van der Waals surface area contributed by atoms with Crippen LogP contribution in [0.5, 0.6) is 40.2 Å². The molecule has 324 valence electrons. The van der Waals surface area contributed by atoms with Crippen molar-refractivity contribution in [3.05, 3.63) is 106 Å². The Labute approximate surface area is 353 Å². The van der Waals surface area contributed by atoms with Crippen LogP contribution in [0.4, 0.5) is 0 Å². The molecular weight excluding hydrogens is 792 g/mol. The average molecular weight is 843 g/mol. The van der Waals surface area contributed by atoms with Gasteiger partial charge in [0.2, 0.25) is 11.8 Å². The first-order valence-corrected chi connectivity index (χ1v) is 19.0. The molecule has 16 nitrogen and oxygen atoms in total. The van der Waals surface area contributed by atoms with Gasteiger partial charge in [0.15, 0.2) is 34.5 Å². The third kappa shape index (κ3) is 10.3. The molecule has 0 aromatic heterocycles. The van der Waals surface area contributed by atoms with Gasteiger partial charge in [0.05, 0.1) is 63.5 Å². The monoisotopic (exact) mass is 842 g/mol. The van der Waals surface area contributed by atoms with E-state index in [1.807, 2.05) is 0 Å². The van der Waals surface area contributed by atoms with E-state index in [0.29, 0.717) is 67.9 Å². The number of hydrogen-bond acceptors (Lipinski definition) is 14. The summed E-state index contributed by atoms with van der Waals surface area (Å²) in [6, 6.07) is 16.3. The quantitative estimate of drug-likeness (QED) is 0.0895. The van der Waals surface area contributed by atoms with Crippen molar-refractivity contribution in [2.75, 3.05) is 56.9 Å². The lowest BCUT2D eigenvalue weighted by atomic mass is 9.86. The lowest BCUT2D eigenvalue weighted by Crippen LogP contribution is -2.45. The van der Waals surface area contributed by atoms with E-state index in [1.165, 1.54) is 69.0 Å². The van der Waals surface area contributed by atoms with Gasteiger partial charge < -0.3 is 58.4 Å². The number of benzene rings is 4. The molecule has 0 saturated carbocycles. The second kappa shape index (κ2) is 20.8. The standard InChI is InChI=1S/C45H50N2O14/c1-53-32-16-12-28(23-29(32)24-48)41-40(43(50)47-31(45(52)60-8)20-26-10-15-34(55-3)37(22-26)58-6)39-27(11-17-35(56-4)42(39)61-41)13-18-38(49)46-30(44(51)59-7)19-25-9-14-33(54-2)36(21-25)57-5/h9-18,21-23,30-31,40-41,48H,19-20,24H2,1-8H3,(H,46,49)(H,47,50)/b18-13+. The van der Waals surface area contributed by atoms with E-state index in [1.54, 1.807) is 66.7 Å². The van der Waals surface area contributed by atoms with Crippen molar-refractivity contribution in [3.63, 3.8) is 0 Å². The van der Waals surface area contributed by atoms with Crippen LogP contribution in [0.3, 0.4) is 0 Å². The first-order chi connectivity index (χ1) is 29.5. The van der Waals surface area contributed by atoms with Crippen LogP contribution in [0.15, 0.2) is 72.8 Å². The van der Waals surface area contributed by atoms with Gasteiger partial charge in [-0.15, -0.1) is 0 Å². The highest BCUT2D eigenvalue weighted by Crippen LogP contribution is 2.52. The Bertz CT molecular complexity index is 2260. The van der Waals surface area contributed by atoms with Crippen LogP contribution in [-0.2, 0) is 48.1 Å². The molecule has 0 aliphatic carbocycles. The lowest BCUT2D eigenvalue weighted by Gasteiger charge is -2.24. The van der Waals surface area contributed by atoms with Crippen LogP contribution >= 0.6 is 0 Å². The summed E-state index contributed by atoms with van der Waals surface area (Å²) in [4.78, 5) is 54.5. The fourth-order valence-electron chi connectivity index (χ4n) is 7.12. The lowest BCUT2D eigenvalue weighted by molar-refractivity contribution is -0.145. The summed E-state index contributed by atoms with van der Waals surface area (Å²) in [5.41, 5.74) is 2.99. The molecule has 1 heterocycles. The van der Waals surface area contributed by atoms with E-state index in [4.69, 9.17) is 42.6 Å². The first kappa shape index (κ1) is 45.1. The van der Waals surface area contributed by atoms with E-state index in [2.05, 4.69) is 10.6 Å². The zero-order chi connectivity index (χ0) is 44.2. The summed E-state index contributed by atoms with van der Waals surface area (Å²) in [6.07, 6.45) is 1.79. The van der Waals surface area contributed by atoms with Gasteiger partial charge in [-0.1, -0.05) is 24.3 Å². The second-order valence-corrected chi connectivity index (χ2v) is 13.6. The molecule has 5 rings (SSSR count). The minimum absolute atomic E-state index is 0.0246. The fourth-order valence-corrected chi connectivity index (χ4v) is 7.12. The number of hydrogen-bond donors (Lipinski definition) is 3. The number of amides is 2. The highest BCUT2D eigenvalue weighted by Gasteiger charge is 2.45. The summed E-state index contributed by atoms with van der Waals surface area (Å²) in [5, 5.41) is 15.8. The summed E-state index contributed by atoms with van der Waals surface area (Å²) in [6.45, 7) is -0.367. The van der Waals surface area contributed by atoms with Crippen molar-refractivity contribution >= 4 is 29.8 Å². The Morgan fingerprint density at radius 2 is 1.15 bits per heavy atom. The molecule has 0 bridgehead atoms. The van der Waals surface area contributed by atoms with Crippen LogP contribution in [0.1, 0.15) is 45.4 Å². The first-order valence-electron chi connectivity index (χ1n) is 19.0. The minimum atomic E-state index is -1.17. The largest absolute Gasteiger partial charge is 0.496 e. The van der Waals surface area contributed by atoms with E-state index < -0.39 is 47.9 Å². The number of aliphatic hydroxyl groups is 1. The van der Waals surface area contributed by atoms with Crippen molar-refractivity contribution < 1.29 is 66.9 Å². The Morgan fingerprint density at radius 1 is 0.639 bits per heavy atom. The number of esters is 2. The molecule has 0 fully saturated rings. The summed E-state index contributed by atoms with van der Waals surface area (Å²) >= 11 is 0. The topological polar surface area (TPSA) is 196 Å². The molecule has 2 amide bonds. The predicted octanol–water partition coefficient (Wildman–Crippen LogP) is 4.26. The molecule has 3 N–H and O–H groups in total. The van der Waals surface area contributed by atoms with Crippen LogP contribution < -0.4 is 43.8 Å². The summed E-state index contributed by atoms with van der Waals surface area (Å²) in [7, 11) is 11.4. The van der Waals surface area contributed by atoms with E-state index in [-0.39, 0.29) is 25.2 Å². The smallest absolute Gasteiger partial charge is 0.328 e. The number of rotatable bonds is 19. The van der Waals surface area contributed by atoms with E-state index >= 15 is 0 Å². The highest BCUT2D eigenvalue weighted by atomic mass is 16.5. The number of fused-ring (bicyclic) bond motifs is 1. The Hall–Kier alpha value is -6.94. The molecule has 61 heavy (non-hydrogen) atoms. The van der Waals surface area contributed by atoms with Crippen LogP contribution in [0.2, 0.25) is 0 Å². The number of methoxy groups -OCH3 is 8. The second-order valence-electron chi connectivity index (χ2n) is 13.6. The molecule has 4 unspecified atom stereocenters. The van der Waals surface area contributed by atoms with Crippen molar-refractivity contribution in [3.8, 4) is 40.2 Å². The minimum Gasteiger partial charge on any atom is -0.496 e. The molecule has 1 aliphatic heterocycles. The van der Waals surface area contributed by atoms with Gasteiger partial charge in [0, 0.05) is 30.0 Å². The van der Waals surface area contributed by atoms with Gasteiger partial charge >= 0.3 is 11.9 Å². The number of carbonyl (C=O) groups excluding carboxylic acids is 4. The van der Waals surface area contributed by atoms with Gasteiger partial charge in [-0.05, 0) is 70.8 Å². The molecule has 0 spiro atoms. The summed E-state index contributed by atoms with van der Waals surface area (Å²) in [5.74, 6) is -1.00. The maximum Gasteiger partial charge on any atom is 0.328 e. The van der Waals surface area contributed by atoms with E-state index in [9.17, 15) is 24.3 Å². The Morgan fingerprint density at radius 3 is 1.66 bits per heavy atom. The maximum absolute atomic E-state index is 14.8. The molecule has 4 aromatic rings. The normalized spacial score (nSPS) is 15.0. The molecule has 4 aromatic carbocycles. The fraction of sp³-hybridized carbons (Fsp3) is 0.333. The zero-order valence-electron chi connectivity index (χ0n) is 35.2. The van der Waals surface area contributed by atoms with Crippen molar-refractivity contribution in [1.82, 2.24) is 10.6 Å². The van der Waals surface area contributed by atoms with Gasteiger partial charge in [-0.2, -0.15) is 0 Å². The van der Waals surface area contributed by atoms with Gasteiger partial charge in [0.1, 0.15) is 29.9 Å². The van der Waals surface area contributed by atoms with Crippen molar-refractivity contribution in [1.29, 1.82) is 0 Å². The van der Waals surface area contributed by atoms with Crippen LogP contribution in [-0.4, -0.2) is 97.8 Å². The van der Waals surface area contributed by atoms with Crippen LogP contribution in [0.25, 0.3) is 6.08 Å². The van der Waals surface area contributed by atoms with Gasteiger partial charge in [-0.25, -0.2) is 9.59 Å². The van der Waals surface area contributed by atoms with E-state index in [0.717, 1.165) is 0 Å². The average Bonchev–Trinajstić information content (AvgIpc) is 3.70. The zero-order valence-corrected chi connectivity index (χ0v) is 35.2. The maximum atomic E-state index is 14.8. The number of aliphatic hydroxyl groups excluding tert-OH is 1. The van der Waals surface area contributed by atoms with Crippen molar-refractivity contribution in [2.45, 2.75) is 43.6 Å². The molecule has 0 saturated heterocycles. The Balaban J connectivity index is 1.53. The van der Waals surface area contributed by atoms with Crippen LogP contribution in [0, 0.1) is 0 Å². The predicted molar refractivity (Wildman–Crippen MR) is 221 cm³/mol.